The Morgan fingerprint density at radius 2 is 1.68 bits per heavy atom. The van der Waals surface area contributed by atoms with Gasteiger partial charge >= 0.3 is 0 Å². The van der Waals surface area contributed by atoms with Gasteiger partial charge in [-0.2, -0.15) is 0 Å². The molecule has 5 N–H and O–H groups in total. The molecule has 0 bridgehead atoms. The molecule has 0 saturated carbocycles. The second-order valence-electron chi connectivity index (χ2n) is 4.16. The molecule has 1 aromatic rings. The Morgan fingerprint density at radius 3 is 2.11 bits per heavy atom. The Kier molecular flexibility index (Phi) is 6.41. The molecule has 1 atom stereocenters. The van der Waals surface area contributed by atoms with Crippen molar-refractivity contribution < 1.29 is 14.2 Å². The minimum atomic E-state index is -0.0398. The summed E-state index contributed by atoms with van der Waals surface area (Å²) in [5.41, 5.74) is 12.2. The molecule has 6 heteroatoms. The zero-order valence-corrected chi connectivity index (χ0v) is 11.7. The molecule has 1 rings (SSSR count). The number of hydrogen-bond donors (Lipinski definition) is 3. The maximum Gasteiger partial charge on any atom is 0.203 e. The number of ether oxygens (including phenoxy) is 3. The van der Waals surface area contributed by atoms with Crippen molar-refractivity contribution in [1.29, 1.82) is 0 Å². The summed E-state index contributed by atoms with van der Waals surface area (Å²) in [5, 5.41) is 3.24. The van der Waals surface area contributed by atoms with Gasteiger partial charge in [0.15, 0.2) is 11.5 Å². The van der Waals surface area contributed by atoms with E-state index in [2.05, 4.69) is 5.32 Å². The lowest BCUT2D eigenvalue weighted by molar-refractivity contribution is 0.323. The van der Waals surface area contributed by atoms with Crippen molar-refractivity contribution in [1.82, 2.24) is 5.32 Å². The van der Waals surface area contributed by atoms with E-state index in [0.717, 1.165) is 5.56 Å². The van der Waals surface area contributed by atoms with Gasteiger partial charge in [-0.15, -0.1) is 0 Å². The average molecular weight is 269 g/mol. The number of nitrogens with one attached hydrogen (secondary N) is 1. The molecule has 0 amide bonds. The highest BCUT2D eigenvalue weighted by Gasteiger charge is 2.12. The molecule has 0 aliphatic heterocycles. The van der Waals surface area contributed by atoms with E-state index in [1.807, 2.05) is 12.1 Å². The standard InChI is InChI=1S/C13H23N3O3/c1-17-11-4-9(7-16-8-10(15)6-14)5-12(18-2)13(11)19-3/h4-5,10,16H,6-8,14-15H2,1-3H3. The summed E-state index contributed by atoms with van der Waals surface area (Å²) < 4.78 is 15.8. The first-order valence-corrected chi connectivity index (χ1v) is 6.11. The van der Waals surface area contributed by atoms with Gasteiger partial charge in [0.1, 0.15) is 0 Å². The highest BCUT2D eigenvalue weighted by atomic mass is 16.5. The van der Waals surface area contributed by atoms with Crippen LogP contribution in [0.1, 0.15) is 5.56 Å². The molecule has 0 fully saturated rings. The molecular formula is C13H23N3O3. The lowest BCUT2D eigenvalue weighted by atomic mass is 10.1. The number of hydrogen-bond acceptors (Lipinski definition) is 6. The van der Waals surface area contributed by atoms with Crippen LogP contribution in [0.3, 0.4) is 0 Å². The fourth-order valence-corrected chi connectivity index (χ4v) is 1.72. The summed E-state index contributed by atoms with van der Waals surface area (Å²) in [4.78, 5) is 0. The lowest BCUT2D eigenvalue weighted by Crippen LogP contribution is -2.39. The second kappa shape index (κ2) is 7.83. The summed E-state index contributed by atoms with van der Waals surface area (Å²) in [7, 11) is 4.77. The predicted molar refractivity (Wildman–Crippen MR) is 74.8 cm³/mol. The molecule has 0 radical (unpaired) electrons. The third-order valence-electron chi connectivity index (χ3n) is 2.76. The van der Waals surface area contributed by atoms with Crippen LogP contribution in [-0.4, -0.2) is 40.5 Å². The lowest BCUT2D eigenvalue weighted by Gasteiger charge is -2.15. The summed E-state index contributed by atoms with van der Waals surface area (Å²) in [6, 6.07) is 3.77. The van der Waals surface area contributed by atoms with Crippen molar-refractivity contribution in [2.75, 3.05) is 34.4 Å². The van der Waals surface area contributed by atoms with Crippen LogP contribution in [0.4, 0.5) is 0 Å². The van der Waals surface area contributed by atoms with Gasteiger partial charge in [-0.25, -0.2) is 0 Å². The van der Waals surface area contributed by atoms with Crippen LogP contribution in [0, 0.1) is 0 Å². The summed E-state index contributed by atoms with van der Waals surface area (Å²) in [6.07, 6.45) is 0. The molecule has 1 aromatic carbocycles. The quantitative estimate of drug-likeness (QED) is 0.619. The molecule has 0 heterocycles. The Balaban J connectivity index is 2.79. The van der Waals surface area contributed by atoms with E-state index >= 15 is 0 Å². The van der Waals surface area contributed by atoms with E-state index in [9.17, 15) is 0 Å². The van der Waals surface area contributed by atoms with E-state index in [0.29, 0.717) is 36.9 Å². The Morgan fingerprint density at radius 1 is 1.11 bits per heavy atom. The van der Waals surface area contributed by atoms with Gasteiger partial charge in [0, 0.05) is 25.7 Å². The number of nitrogens with two attached hydrogens (primary N) is 2. The van der Waals surface area contributed by atoms with Crippen LogP contribution >= 0.6 is 0 Å². The second-order valence-corrected chi connectivity index (χ2v) is 4.16. The van der Waals surface area contributed by atoms with Crippen LogP contribution in [0.5, 0.6) is 17.2 Å². The first kappa shape index (κ1) is 15.6. The molecule has 0 aromatic heterocycles. The van der Waals surface area contributed by atoms with E-state index < -0.39 is 0 Å². The Labute approximate surface area is 114 Å². The predicted octanol–water partition coefficient (Wildman–Crippen LogP) is 0.0880. The monoisotopic (exact) mass is 269 g/mol. The van der Waals surface area contributed by atoms with Gasteiger partial charge in [-0.1, -0.05) is 0 Å². The number of methoxy groups -OCH3 is 3. The topological polar surface area (TPSA) is 91.8 Å². The fourth-order valence-electron chi connectivity index (χ4n) is 1.72. The van der Waals surface area contributed by atoms with Crippen LogP contribution in [0.15, 0.2) is 12.1 Å². The largest absolute Gasteiger partial charge is 0.493 e. The minimum Gasteiger partial charge on any atom is -0.493 e. The molecule has 0 spiro atoms. The average Bonchev–Trinajstić information content (AvgIpc) is 2.45. The molecule has 108 valence electrons. The molecule has 1 unspecified atom stereocenters. The van der Waals surface area contributed by atoms with Gasteiger partial charge in [-0.05, 0) is 17.7 Å². The minimum absolute atomic E-state index is 0.0398. The van der Waals surface area contributed by atoms with Crippen LogP contribution < -0.4 is 31.0 Å². The van der Waals surface area contributed by atoms with Gasteiger partial charge in [0.2, 0.25) is 5.75 Å². The van der Waals surface area contributed by atoms with Crippen LogP contribution in [0.25, 0.3) is 0 Å². The van der Waals surface area contributed by atoms with Crippen LogP contribution in [-0.2, 0) is 6.54 Å². The Bertz CT molecular complexity index is 374. The van der Waals surface area contributed by atoms with Crippen molar-refractivity contribution in [3.05, 3.63) is 17.7 Å². The summed E-state index contributed by atoms with van der Waals surface area (Å²) in [5.74, 6) is 1.87. The highest BCUT2D eigenvalue weighted by Crippen LogP contribution is 2.38. The van der Waals surface area contributed by atoms with E-state index in [1.165, 1.54) is 0 Å². The smallest absolute Gasteiger partial charge is 0.203 e. The Hall–Kier alpha value is -1.50. The first-order chi connectivity index (χ1) is 9.15. The van der Waals surface area contributed by atoms with Gasteiger partial charge < -0.3 is 31.0 Å². The van der Waals surface area contributed by atoms with E-state index in [1.54, 1.807) is 21.3 Å². The van der Waals surface area contributed by atoms with Crippen LogP contribution in [0.2, 0.25) is 0 Å². The van der Waals surface area contributed by atoms with Crippen molar-refractivity contribution in [3.8, 4) is 17.2 Å². The third kappa shape index (κ3) is 4.27. The maximum atomic E-state index is 5.74. The molecule has 0 saturated heterocycles. The first-order valence-electron chi connectivity index (χ1n) is 6.11. The van der Waals surface area contributed by atoms with E-state index in [-0.39, 0.29) is 6.04 Å². The summed E-state index contributed by atoms with van der Waals surface area (Å²) in [6.45, 7) is 1.78. The van der Waals surface area contributed by atoms with Crippen molar-refractivity contribution >= 4 is 0 Å². The molecule has 6 nitrogen and oxygen atoms in total. The van der Waals surface area contributed by atoms with Crippen molar-refractivity contribution in [3.63, 3.8) is 0 Å². The normalized spacial score (nSPS) is 12.1. The number of benzene rings is 1. The molecule has 0 aliphatic carbocycles. The SMILES string of the molecule is COc1cc(CNCC(N)CN)cc(OC)c1OC. The summed E-state index contributed by atoms with van der Waals surface area (Å²) >= 11 is 0. The zero-order valence-electron chi connectivity index (χ0n) is 11.7. The van der Waals surface area contributed by atoms with Gasteiger partial charge in [0.05, 0.1) is 21.3 Å². The molecular weight excluding hydrogens is 246 g/mol. The van der Waals surface area contributed by atoms with Crippen molar-refractivity contribution in [2.24, 2.45) is 11.5 Å². The maximum absolute atomic E-state index is 5.74. The molecule has 0 aliphatic rings. The van der Waals surface area contributed by atoms with E-state index in [4.69, 9.17) is 25.7 Å². The van der Waals surface area contributed by atoms with Gasteiger partial charge in [-0.3, -0.25) is 0 Å². The highest BCUT2D eigenvalue weighted by molar-refractivity contribution is 5.53. The fraction of sp³-hybridized carbons (Fsp3) is 0.538. The number of rotatable bonds is 8. The van der Waals surface area contributed by atoms with Crippen molar-refractivity contribution in [2.45, 2.75) is 12.6 Å². The zero-order chi connectivity index (χ0) is 14.3. The molecule has 19 heavy (non-hydrogen) atoms. The third-order valence-corrected chi connectivity index (χ3v) is 2.76. The van der Waals surface area contributed by atoms with Gasteiger partial charge in [0.25, 0.3) is 0 Å².